The van der Waals surface area contributed by atoms with Crippen LogP contribution >= 0.6 is 0 Å². The Bertz CT molecular complexity index is 228. The zero-order valence-electron chi connectivity index (χ0n) is 7.91. The van der Waals surface area contributed by atoms with Crippen LogP contribution in [0.25, 0.3) is 0 Å². The van der Waals surface area contributed by atoms with Gasteiger partial charge >= 0.3 is 5.97 Å². The van der Waals surface area contributed by atoms with Crippen LogP contribution in [0.5, 0.6) is 0 Å². The molecule has 2 rings (SSSR count). The summed E-state index contributed by atoms with van der Waals surface area (Å²) in [6.07, 6.45) is 0.651. The van der Waals surface area contributed by atoms with Gasteiger partial charge in [-0.1, -0.05) is 6.58 Å². The van der Waals surface area contributed by atoms with Crippen molar-refractivity contribution in [1.82, 2.24) is 0 Å². The molecule has 0 aliphatic carbocycles. The lowest BCUT2D eigenvalue weighted by molar-refractivity contribution is -0.569. The third-order valence-corrected chi connectivity index (χ3v) is 2.26. The van der Waals surface area contributed by atoms with Crippen molar-refractivity contribution in [3.8, 4) is 0 Å². The fourth-order valence-corrected chi connectivity index (χ4v) is 1.59. The third kappa shape index (κ3) is 1.62. The van der Waals surface area contributed by atoms with E-state index in [-0.39, 0.29) is 12.2 Å². The van der Waals surface area contributed by atoms with E-state index in [9.17, 15) is 0 Å². The lowest BCUT2D eigenvalue weighted by atomic mass is 10.0. The van der Waals surface area contributed by atoms with Gasteiger partial charge < -0.3 is 9.47 Å². The second-order valence-corrected chi connectivity index (χ2v) is 3.60. The molecule has 0 N–H and O–H groups in total. The van der Waals surface area contributed by atoms with Crippen molar-refractivity contribution in [2.75, 3.05) is 6.61 Å². The molecule has 0 spiro atoms. The van der Waals surface area contributed by atoms with Crippen molar-refractivity contribution in [3.63, 3.8) is 0 Å². The minimum atomic E-state index is -1.02. The first kappa shape index (κ1) is 9.15. The van der Waals surface area contributed by atoms with E-state index in [4.69, 9.17) is 19.2 Å². The molecule has 0 radical (unpaired) electrons. The standard InChI is InChI=1S/C9H14O4/c1-6(2)8-7-4-5-10-9(3,11-7)13-12-8/h7-8H,1,4-5H2,2-3H3/t7-,8-,9-/m1/s1. The van der Waals surface area contributed by atoms with E-state index in [0.717, 1.165) is 12.0 Å². The molecule has 3 atom stereocenters. The van der Waals surface area contributed by atoms with Gasteiger partial charge in [0.25, 0.3) is 0 Å². The third-order valence-electron chi connectivity index (χ3n) is 2.26. The molecule has 74 valence electrons. The summed E-state index contributed by atoms with van der Waals surface area (Å²) in [5, 5.41) is 0. The Hall–Kier alpha value is -0.420. The molecule has 2 saturated heterocycles. The summed E-state index contributed by atoms with van der Waals surface area (Å²) in [5.41, 5.74) is 0.911. The fraction of sp³-hybridized carbons (Fsp3) is 0.778. The molecule has 4 heteroatoms. The summed E-state index contributed by atoms with van der Waals surface area (Å²) in [7, 11) is 0. The predicted molar refractivity (Wildman–Crippen MR) is 44.6 cm³/mol. The van der Waals surface area contributed by atoms with Crippen LogP contribution in [0.1, 0.15) is 20.3 Å². The Labute approximate surface area is 77.3 Å². The highest BCUT2D eigenvalue weighted by Gasteiger charge is 2.45. The van der Waals surface area contributed by atoms with E-state index in [1.807, 2.05) is 6.92 Å². The predicted octanol–water partition coefficient (Wildman–Crippen LogP) is 1.37. The van der Waals surface area contributed by atoms with Gasteiger partial charge in [-0.3, -0.25) is 0 Å². The van der Waals surface area contributed by atoms with Crippen molar-refractivity contribution < 1.29 is 19.2 Å². The molecule has 2 aliphatic heterocycles. The maximum absolute atomic E-state index is 5.55. The highest BCUT2D eigenvalue weighted by atomic mass is 17.3. The van der Waals surface area contributed by atoms with Crippen LogP contribution in [0.4, 0.5) is 0 Å². The van der Waals surface area contributed by atoms with Crippen molar-refractivity contribution in [1.29, 1.82) is 0 Å². The Balaban J connectivity index is 2.10. The molecule has 2 fully saturated rings. The Morgan fingerprint density at radius 3 is 3.00 bits per heavy atom. The van der Waals surface area contributed by atoms with Gasteiger partial charge in [0.05, 0.1) is 12.7 Å². The van der Waals surface area contributed by atoms with E-state index in [1.54, 1.807) is 6.92 Å². The van der Waals surface area contributed by atoms with Crippen LogP contribution in [0.2, 0.25) is 0 Å². The molecule has 2 bridgehead atoms. The monoisotopic (exact) mass is 186 g/mol. The molecule has 0 aromatic heterocycles. The molecule has 0 unspecified atom stereocenters. The molecule has 0 saturated carbocycles. The van der Waals surface area contributed by atoms with Crippen LogP contribution in [0.3, 0.4) is 0 Å². The van der Waals surface area contributed by atoms with Crippen LogP contribution in [-0.2, 0) is 19.2 Å². The number of hydrogen-bond donors (Lipinski definition) is 0. The number of hydrogen-bond acceptors (Lipinski definition) is 4. The van der Waals surface area contributed by atoms with Gasteiger partial charge in [0.2, 0.25) is 0 Å². The average Bonchev–Trinajstić information content (AvgIpc) is 2.02. The number of rotatable bonds is 1. The molecule has 0 amide bonds. The van der Waals surface area contributed by atoms with Gasteiger partial charge in [0, 0.05) is 13.3 Å². The van der Waals surface area contributed by atoms with Crippen molar-refractivity contribution in [2.45, 2.75) is 38.4 Å². The minimum Gasteiger partial charge on any atom is -0.326 e. The van der Waals surface area contributed by atoms with Crippen molar-refractivity contribution >= 4 is 0 Å². The summed E-state index contributed by atoms with van der Waals surface area (Å²) < 4.78 is 10.8. The molecule has 2 heterocycles. The van der Waals surface area contributed by atoms with Crippen LogP contribution in [0.15, 0.2) is 12.2 Å². The van der Waals surface area contributed by atoms with Gasteiger partial charge in [-0.25, -0.2) is 4.89 Å². The second-order valence-electron chi connectivity index (χ2n) is 3.60. The summed E-state index contributed by atoms with van der Waals surface area (Å²) in [5.74, 6) is -1.02. The summed E-state index contributed by atoms with van der Waals surface area (Å²) >= 11 is 0. The van der Waals surface area contributed by atoms with Crippen LogP contribution in [0, 0.1) is 0 Å². The zero-order chi connectivity index (χ0) is 9.47. The molecular weight excluding hydrogens is 172 g/mol. The summed E-state index contributed by atoms with van der Waals surface area (Å²) in [4.78, 5) is 10.2. The number of fused-ring (bicyclic) bond motifs is 2. The van der Waals surface area contributed by atoms with Gasteiger partial charge in [-0.2, -0.15) is 4.89 Å². The molecular formula is C9H14O4. The second kappa shape index (κ2) is 3.06. The summed E-state index contributed by atoms with van der Waals surface area (Å²) in [6, 6.07) is 0. The van der Waals surface area contributed by atoms with Crippen LogP contribution in [-0.4, -0.2) is 24.8 Å². The van der Waals surface area contributed by atoms with Gasteiger partial charge in [0.15, 0.2) is 0 Å². The number of ether oxygens (including phenoxy) is 2. The van der Waals surface area contributed by atoms with E-state index in [1.165, 1.54) is 0 Å². The van der Waals surface area contributed by atoms with E-state index < -0.39 is 5.97 Å². The Kier molecular flexibility index (Phi) is 2.15. The first-order chi connectivity index (χ1) is 6.11. The molecule has 0 aromatic carbocycles. The van der Waals surface area contributed by atoms with Crippen molar-refractivity contribution in [3.05, 3.63) is 12.2 Å². The lowest BCUT2D eigenvalue weighted by Crippen LogP contribution is -2.54. The first-order valence-corrected chi connectivity index (χ1v) is 4.42. The van der Waals surface area contributed by atoms with Crippen molar-refractivity contribution in [2.24, 2.45) is 0 Å². The highest BCUT2D eigenvalue weighted by Crippen LogP contribution is 2.34. The van der Waals surface area contributed by atoms with Crippen LogP contribution < -0.4 is 0 Å². The normalized spacial score (nSPS) is 44.5. The van der Waals surface area contributed by atoms with Gasteiger partial charge in [-0.15, -0.1) is 0 Å². The molecule has 0 aromatic rings. The minimum absolute atomic E-state index is 0.00463. The molecule has 4 nitrogen and oxygen atoms in total. The average molecular weight is 186 g/mol. The smallest absolute Gasteiger partial charge is 0.309 e. The van der Waals surface area contributed by atoms with E-state index >= 15 is 0 Å². The summed E-state index contributed by atoms with van der Waals surface area (Å²) in [6.45, 7) is 8.06. The topological polar surface area (TPSA) is 36.9 Å². The Morgan fingerprint density at radius 1 is 1.54 bits per heavy atom. The maximum Gasteiger partial charge on any atom is 0.309 e. The molecule has 13 heavy (non-hydrogen) atoms. The zero-order valence-corrected chi connectivity index (χ0v) is 7.91. The maximum atomic E-state index is 5.55. The lowest BCUT2D eigenvalue weighted by Gasteiger charge is -2.44. The Morgan fingerprint density at radius 2 is 2.31 bits per heavy atom. The molecule has 2 aliphatic rings. The van der Waals surface area contributed by atoms with Gasteiger partial charge in [-0.05, 0) is 12.5 Å². The van der Waals surface area contributed by atoms with E-state index in [0.29, 0.717) is 6.61 Å². The quantitative estimate of drug-likeness (QED) is 0.458. The highest BCUT2D eigenvalue weighted by molar-refractivity contribution is 5.02. The largest absolute Gasteiger partial charge is 0.326 e. The first-order valence-electron chi connectivity index (χ1n) is 4.42. The SMILES string of the molecule is C=C(C)[C@H]1OO[C@]2(C)OCC[C@H]1O2. The fourth-order valence-electron chi connectivity index (χ4n) is 1.59. The van der Waals surface area contributed by atoms with E-state index in [2.05, 4.69) is 6.58 Å². The van der Waals surface area contributed by atoms with Gasteiger partial charge in [0.1, 0.15) is 6.10 Å².